The highest BCUT2D eigenvalue weighted by atomic mass is 32.3. The molecule has 3 fully saturated rings. The van der Waals surface area contributed by atoms with Crippen LogP contribution in [0.5, 0.6) is 0 Å². The molecule has 0 spiro atoms. The number of hydroxylamine groups is 2. The summed E-state index contributed by atoms with van der Waals surface area (Å²) in [5, 5.41) is 5.95. The Hall–Kier alpha value is -1.50. The molecule has 12 heteroatoms. The average molecular weight is 352 g/mol. The van der Waals surface area contributed by atoms with Crippen LogP contribution in [0.2, 0.25) is 0 Å². The van der Waals surface area contributed by atoms with E-state index in [9.17, 15) is 22.4 Å². The van der Waals surface area contributed by atoms with Crippen molar-refractivity contribution in [2.75, 3.05) is 19.6 Å². The van der Waals surface area contributed by atoms with E-state index in [1.165, 1.54) is 4.90 Å². The molecule has 3 saturated heterocycles. The Balaban J connectivity index is 1.67. The third-order valence-electron chi connectivity index (χ3n) is 4.27. The summed E-state index contributed by atoms with van der Waals surface area (Å²) in [6, 6.07) is -2.84. The topological polar surface area (TPSA) is 128 Å². The summed E-state index contributed by atoms with van der Waals surface area (Å²) < 4.78 is 48.1. The van der Waals surface area contributed by atoms with Gasteiger partial charge in [-0.1, -0.05) is 0 Å². The SMILES string of the molecule is O=C(N[C@H]1CNC[C@H]1F)[C@@H]1CC[C@@H]2CN1C(=O)N2OS(=O)(=O)O. The lowest BCUT2D eigenvalue weighted by Crippen LogP contribution is -2.53. The van der Waals surface area contributed by atoms with Crippen molar-refractivity contribution in [1.82, 2.24) is 20.6 Å². The van der Waals surface area contributed by atoms with Crippen molar-refractivity contribution in [3.8, 4) is 0 Å². The fraction of sp³-hybridized carbons (Fsp3) is 0.818. The van der Waals surface area contributed by atoms with E-state index < -0.39 is 46.6 Å². The Morgan fingerprint density at radius 1 is 1.39 bits per heavy atom. The highest BCUT2D eigenvalue weighted by Crippen LogP contribution is 2.30. The van der Waals surface area contributed by atoms with E-state index in [2.05, 4.69) is 14.9 Å². The second-order valence-corrected chi connectivity index (χ2v) is 6.80. The van der Waals surface area contributed by atoms with Gasteiger partial charge in [-0.05, 0) is 12.8 Å². The Kier molecular flexibility index (Phi) is 4.16. The average Bonchev–Trinajstić information content (AvgIpc) is 2.96. The van der Waals surface area contributed by atoms with E-state index in [4.69, 9.17) is 4.55 Å². The molecule has 4 atom stereocenters. The van der Waals surface area contributed by atoms with E-state index in [1.807, 2.05) is 0 Å². The van der Waals surface area contributed by atoms with Gasteiger partial charge in [-0.3, -0.25) is 9.35 Å². The number of fused-ring (bicyclic) bond motifs is 2. The van der Waals surface area contributed by atoms with Gasteiger partial charge in [-0.15, -0.1) is 4.28 Å². The fourth-order valence-electron chi connectivity index (χ4n) is 3.17. The second kappa shape index (κ2) is 5.85. The normalized spacial score (nSPS) is 34.1. The van der Waals surface area contributed by atoms with Crippen molar-refractivity contribution >= 4 is 22.3 Å². The molecule has 10 nitrogen and oxygen atoms in total. The van der Waals surface area contributed by atoms with Crippen LogP contribution in [0.4, 0.5) is 9.18 Å². The number of carbonyl (C=O) groups is 2. The van der Waals surface area contributed by atoms with Gasteiger partial charge < -0.3 is 15.5 Å². The van der Waals surface area contributed by atoms with Gasteiger partial charge in [0, 0.05) is 19.6 Å². The molecule has 3 amide bonds. The zero-order chi connectivity index (χ0) is 16.8. The van der Waals surface area contributed by atoms with Crippen molar-refractivity contribution in [3.05, 3.63) is 0 Å². The molecule has 0 unspecified atom stereocenters. The molecule has 23 heavy (non-hydrogen) atoms. The maximum Gasteiger partial charge on any atom is 0.418 e. The van der Waals surface area contributed by atoms with E-state index in [1.54, 1.807) is 0 Å². The predicted molar refractivity (Wildman–Crippen MR) is 73.1 cm³/mol. The quantitative estimate of drug-likeness (QED) is 0.521. The minimum absolute atomic E-state index is 0.106. The van der Waals surface area contributed by atoms with E-state index >= 15 is 0 Å². The Morgan fingerprint density at radius 3 is 2.74 bits per heavy atom. The van der Waals surface area contributed by atoms with E-state index in [0.717, 1.165) is 0 Å². The number of hydrogen-bond acceptors (Lipinski definition) is 6. The molecule has 3 rings (SSSR count). The van der Waals surface area contributed by atoms with Crippen molar-refractivity contribution in [2.45, 2.75) is 37.1 Å². The largest absolute Gasteiger partial charge is 0.418 e. The lowest BCUT2D eigenvalue weighted by Gasteiger charge is -2.30. The van der Waals surface area contributed by atoms with E-state index in [0.29, 0.717) is 24.4 Å². The summed E-state index contributed by atoms with van der Waals surface area (Å²) in [5.41, 5.74) is 0. The minimum Gasteiger partial charge on any atom is -0.347 e. The summed E-state index contributed by atoms with van der Waals surface area (Å²) in [7, 11) is -4.82. The number of piperidine rings is 1. The highest BCUT2D eigenvalue weighted by Gasteiger charge is 2.49. The lowest BCUT2D eigenvalue weighted by molar-refractivity contribution is -0.127. The number of urea groups is 1. The molecule has 0 saturated carbocycles. The Morgan fingerprint density at radius 2 is 2.13 bits per heavy atom. The third kappa shape index (κ3) is 3.24. The lowest BCUT2D eigenvalue weighted by atomic mass is 10.00. The molecule has 0 aromatic heterocycles. The summed E-state index contributed by atoms with van der Waals surface area (Å²) in [4.78, 5) is 25.6. The van der Waals surface area contributed by atoms with Gasteiger partial charge in [0.1, 0.15) is 12.2 Å². The van der Waals surface area contributed by atoms with Gasteiger partial charge in [-0.25, -0.2) is 9.18 Å². The molecule has 0 aliphatic carbocycles. The number of rotatable bonds is 4. The first-order valence-electron chi connectivity index (χ1n) is 7.18. The molecule has 0 radical (unpaired) electrons. The molecule has 3 aliphatic heterocycles. The van der Waals surface area contributed by atoms with Gasteiger partial charge >= 0.3 is 16.4 Å². The van der Waals surface area contributed by atoms with Crippen LogP contribution in [0.25, 0.3) is 0 Å². The zero-order valence-corrected chi connectivity index (χ0v) is 12.8. The van der Waals surface area contributed by atoms with Crippen LogP contribution in [-0.4, -0.2) is 78.8 Å². The molecule has 3 heterocycles. The molecule has 0 aromatic rings. The van der Waals surface area contributed by atoms with Crippen molar-refractivity contribution in [3.63, 3.8) is 0 Å². The minimum atomic E-state index is -4.82. The smallest absolute Gasteiger partial charge is 0.347 e. The van der Waals surface area contributed by atoms with Crippen LogP contribution in [0.1, 0.15) is 12.8 Å². The van der Waals surface area contributed by atoms with Gasteiger partial charge in [-0.2, -0.15) is 13.5 Å². The second-order valence-electron chi connectivity index (χ2n) is 5.80. The molecule has 0 aromatic carbocycles. The molecule has 3 N–H and O–H groups in total. The third-order valence-corrected chi connectivity index (χ3v) is 4.62. The van der Waals surface area contributed by atoms with Crippen LogP contribution >= 0.6 is 0 Å². The number of halogens is 1. The summed E-state index contributed by atoms with van der Waals surface area (Å²) in [6.45, 7) is 0.582. The zero-order valence-electron chi connectivity index (χ0n) is 12.0. The van der Waals surface area contributed by atoms with E-state index in [-0.39, 0.29) is 13.1 Å². The molecular weight excluding hydrogens is 335 g/mol. The monoisotopic (exact) mass is 352 g/mol. The van der Waals surface area contributed by atoms with Crippen LogP contribution < -0.4 is 10.6 Å². The van der Waals surface area contributed by atoms with Crippen LogP contribution in [0.3, 0.4) is 0 Å². The van der Waals surface area contributed by atoms with Crippen molar-refractivity contribution < 1.29 is 31.2 Å². The Bertz CT molecular complexity index is 616. The molecule has 3 aliphatic rings. The number of nitrogens with zero attached hydrogens (tertiary/aromatic N) is 2. The van der Waals surface area contributed by atoms with Gasteiger partial charge in [0.25, 0.3) is 0 Å². The first-order valence-corrected chi connectivity index (χ1v) is 8.55. The Labute approximate surface area is 131 Å². The molecular formula is C11H17FN4O6S. The maximum atomic E-state index is 13.5. The van der Waals surface area contributed by atoms with Crippen LogP contribution in [-0.2, 0) is 19.5 Å². The summed E-state index contributed by atoms with van der Waals surface area (Å²) in [5.74, 6) is -0.484. The number of nitrogens with one attached hydrogen (secondary N) is 2. The number of carbonyl (C=O) groups excluding carboxylic acids is 2. The fourth-order valence-corrected chi connectivity index (χ4v) is 3.56. The molecule has 130 valence electrons. The maximum absolute atomic E-state index is 13.5. The van der Waals surface area contributed by atoms with Crippen molar-refractivity contribution in [1.29, 1.82) is 0 Å². The van der Waals surface area contributed by atoms with Gasteiger partial charge in [0.2, 0.25) is 5.91 Å². The van der Waals surface area contributed by atoms with Gasteiger partial charge in [0.05, 0.1) is 12.1 Å². The first kappa shape index (κ1) is 16.4. The molecule has 2 bridgehead atoms. The van der Waals surface area contributed by atoms with Crippen molar-refractivity contribution in [2.24, 2.45) is 0 Å². The number of hydrogen-bond donors (Lipinski definition) is 3. The highest BCUT2D eigenvalue weighted by molar-refractivity contribution is 7.80. The van der Waals surface area contributed by atoms with Crippen LogP contribution in [0.15, 0.2) is 0 Å². The number of alkyl halides is 1. The summed E-state index contributed by atoms with van der Waals surface area (Å²) in [6.07, 6.45) is -0.563. The van der Waals surface area contributed by atoms with Gasteiger partial charge in [0.15, 0.2) is 0 Å². The first-order chi connectivity index (χ1) is 10.8. The standard InChI is InChI=1S/C11H17FN4O6S/c12-7-3-13-4-8(7)14-10(17)9-2-1-6-5-15(9)11(18)16(6)22-23(19,20)21/h6-9,13H,1-5H2,(H,14,17)(H,19,20,21)/t6-,7-,8+,9+/m1/s1. The predicted octanol–water partition coefficient (Wildman–Crippen LogP) is -1.58. The summed E-state index contributed by atoms with van der Waals surface area (Å²) >= 11 is 0. The van der Waals surface area contributed by atoms with Crippen LogP contribution in [0, 0.1) is 0 Å². The number of amides is 3.